The topological polar surface area (TPSA) is 90.0 Å². The second-order valence-corrected chi connectivity index (χ2v) is 7.34. The van der Waals surface area contributed by atoms with Crippen LogP contribution in [-0.2, 0) is 11.3 Å². The molecule has 0 bridgehead atoms. The normalized spacial score (nSPS) is 15.2. The smallest absolute Gasteiger partial charge is 0.337 e. The predicted molar refractivity (Wildman–Crippen MR) is 111 cm³/mol. The van der Waals surface area contributed by atoms with Crippen molar-refractivity contribution in [3.8, 4) is 0 Å². The number of esters is 1. The molecular formula is C24H16FNO6. The average Bonchev–Trinajstić information content (AvgIpc) is 3.41. The van der Waals surface area contributed by atoms with Crippen molar-refractivity contribution in [3.05, 3.63) is 105 Å². The number of carbonyl (C=O) groups is 2. The van der Waals surface area contributed by atoms with Gasteiger partial charge in [-0.15, -0.1) is 0 Å². The van der Waals surface area contributed by atoms with Crippen LogP contribution < -0.4 is 5.43 Å². The summed E-state index contributed by atoms with van der Waals surface area (Å²) in [6.07, 6.45) is 1.49. The van der Waals surface area contributed by atoms with Crippen molar-refractivity contribution in [1.82, 2.24) is 4.90 Å². The summed E-state index contributed by atoms with van der Waals surface area (Å²) in [5.41, 5.74) is 0.664. The largest absolute Gasteiger partial charge is 0.467 e. The Kier molecular flexibility index (Phi) is 4.62. The quantitative estimate of drug-likeness (QED) is 0.451. The van der Waals surface area contributed by atoms with E-state index in [4.69, 9.17) is 13.6 Å². The number of ether oxygens (including phenoxy) is 1. The summed E-state index contributed by atoms with van der Waals surface area (Å²) < 4.78 is 29.7. The van der Waals surface area contributed by atoms with Gasteiger partial charge in [0.05, 0.1) is 42.5 Å². The SMILES string of the molecule is COC(=O)c1ccc(C2c3c(oc4ccc(F)cc4c3=O)C(=O)N2Cc2ccco2)cc1. The van der Waals surface area contributed by atoms with E-state index in [9.17, 15) is 18.8 Å². The lowest BCUT2D eigenvalue weighted by atomic mass is 9.97. The molecule has 1 atom stereocenters. The third-order valence-electron chi connectivity index (χ3n) is 5.48. The Labute approximate surface area is 180 Å². The number of benzene rings is 2. The summed E-state index contributed by atoms with van der Waals surface area (Å²) in [5, 5.41) is 0.0487. The molecule has 0 spiro atoms. The summed E-state index contributed by atoms with van der Waals surface area (Å²) in [4.78, 5) is 39.9. The van der Waals surface area contributed by atoms with Crippen LogP contribution in [0.5, 0.6) is 0 Å². The van der Waals surface area contributed by atoms with Gasteiger partial charge in [0.15, 0.2) is 5.43 Å². The molecule has 0 saturated heterocycles. The van der Waals surface area contributed by atoms with Crippen LogP contribution in [-0.4, -0.2) is 23.9 Å². The number of amides is 1. The lowest BCUT2D eigenvalue weighted by Gasteiger charge is -2.24. The van der Waals surface area contributed by atoms with Crippen LogP contribution in [0.15, 0.2) is 74.5 Å². The first-order valence-electron chi connectivity index (χ1n) is 9.76. The van der Waals surface area contributed by atoms with Gasteiger partial charge in [0, 0.05) is 0 Å². The van der Waals surface area contributed by atoms with Gasteiger partial charge in [-0.05, 0) is 48.0 Å². The highest BCUT2D eigenvalue weighted by atomic mass is 19.1. The van der Waals surface area contributed by atoms with E-state index in [1.807, 2.05) is 0 Å². The van der Waals surface area contributed by atoms with Crippen molar-refractivity contribution < 1.29 is 27.6 Å². The monoisotopic (exact) mass is 433 g/mol. The molecule has 1 aliphatic rings. The van der Waals surface area contributed by atoms with Crippen molar-refractivity contribution in [2.24, 2.45) is 0 Å². The van der Waals surface area contributed by atoms with Crippen LogP contribution >= 0.6 is 0 Å². The fourth-order valence-corrected chi connectivity index (χ4v) is 3.99. The van der Waals surface area contributed by atoms with Gasteiger partial charge >= 0.3 is 5.97 Å². The van der Waals surface area contributed by atoms with E-state index in [1.54, 1.807) is 36.4 Å². The number of rotatable bonds is 4. The molecule has 5 rings (SSSR count). The maximum absolute atomic E-state index is 13.8. The van der Waals surface area contributed by atoms with Crippen LogP contribution in [0.3, 0.4) is 0 Å². The number of halogens is 1. The van der Waals surface area contributed by atoms with Gasteiger partial charge in [0.25, 0.3) is 5.91 Å². The minimum atomic E-state index is -0.807. The first-order chi connectivity index (χ1) is 15.5. The number of methoxy groups -OCH3 is 1. The Hall–Kier alpha value is -4.20. The molecule has 0 fully saturated rings. The summed E-state index contributed by atoms with van der Waals surface area (Å²) >= 11 is 0. The van der Waals surface area contributed by atoms with E-state index < -0.39 is 29.2 Å². The van der Waals surface area contributed by atoms with Gasteiger partial charge in [-0.3, -0.25) is 9.59 Å². The number of carbonyl (C=O) groups excluding carboxylic acids is 2. The predicted octanol–water partition coefficient (Wildman–Crippen LogP) is 4.06. The van der Waals surface area contributed by atoms with Crippen LogP contribution in [0, 0.1) is 5.82 Å². The highest BCUT2D eigenvalue weighted by molar-refractivity contribution is 5.99. The van der Waals surface area contributed by atoms with E-state index in [0.717, 1.165) is 6.07 Å². The minimum Gasteiger partial charge on any atom is -0.467 e. The van der Waals surface area contributed by atoms with Crippen molar-refractivity contribution in [2.75, 3.05) is 7.11 Å². The molecule has 2 aromatic carbocycles. The zero-order chi connectivity index (χ0) is 22.4. The Morgan fingerprint density at radius 2 is 1.91 bits per heavy atom. The maximum atomic E-state index is 13.8. The van der Waals surface area contributed by atoms with Gasteiger partial charge < -0.3 is 18.5 Å². The number of furan rings is 1. The number of fused-ring (bicyclic) bond motifs is 2. The zero-order valence-corrected chi connectivity index (χ0v) is 16.8. The second-order valence-electron chi connectivity index (χ2n) is 7.34. The highest BCUT2D eigenvalue weighted by Gasteiger charge is 2.43. The molecule has 0 N–H and O–H groups in total. The molecular weight excluding hydrogens is 417 g/mol. The highest BCUT2D eigenvalue weighted by Crippen LogP contribution is 2.39. The molecule has 1 unspecified atom stereocenters. The van der Waals surface area contributed by atoms with Crippen molar-refractivity contribution in [1.29, 1.82) is 0 Å². The second kappa shape index (κ2) is 7.49. The van der Waals surface area contributed by atoms with E-state index in [1.165, 1.54) is 30.4 Å². The molecule has 2 aromatic heterocycles. The van der Waals surface area contributed by atoms with Crippen LogP contribution in [0.4, 0.5) is 4.39 Å². The van der Waals surface area contributed by atoms with E-state index in [-0.39, 0.29) is 28.8 Å². The van der Waals surface area contributed by atoms with Crippen molar-refractivity contribution >= 4 is 22.8 Å². The number of nitrogens with zero attached hydrogens (tertiary/aromatic N) is 1. The third kappa shape index (κ3) is 3.08. The Morgan fingerprint density at radius 3 is 2.59 bits per heavy atom. The van der Waals surface area contributed by atoms with E-state index in [2.05, 4.69) is 0 Å². The van der Waals surface area contributed by atoms with Crippen LogP contribution in [0.25, 0.3) is 11.0 Å². The van der Waals surface area contributed by atoms with E-state index in [0.29, 0.717) is 16.9 Å². The molecule has 1 aliphatic heterocycles. The Bertz CT molecular complexity index is 1410. The number of hydrogen-bond donors (Lipinski definition) is 0. The molecule has 1 amide bonds. The summed E-state index contributed by atoms with van der Waals surface area (Å²) in [6.45, 7) is 0.0869. The maximum Gasteiger partial charge on any atom is 0.337 e. The number of hydrogen-bond acceptors (Lipinski definition) is 6. The Balaban J connectivity index is 1.70. The molecule has 0 aliphatic carbocycles. The molecule has 0 radical (unpaired) electrons. The fraction of sp³-hybridized carbons (Fsp3) is 0.125. The van der Waals surface area contributed by atoms with Crippen LogP contribution in [0.1, 0.15) is 43.8 Å². The molecule has 3 heterocycles. The first-order valence-corrected chi connectivity index (χ1v) is 9.76. The summed E-state index contributed by atoms with van der Waals surface area (Å²) in [7, 11) is 1.28. The van der Waals surface area contributed by atoms with Gasteiger partial charge in [0.1, 0.15) is 17.2 Å². The third-order valence-corrected chi connectivity index (χ3v) is 5.48. The first kappa shape index (κ1) is 19.7. The molecule has 160 valence electrons. The lowest BCUT2D eigenvalue weighted by Crippen LogP contribution is -2.29. The van der Waals surface area contributed by atoms with Gasteiger partial charge in [-0.2, -0.15) is 0 Å². The fourth-order valence-electron chi connectivity index (χ4n) is 3.99. The van der Waals surface area contributed by atoms with Crippen molar-refractivity contribution in [2.45, 2.75) is 12.6 Å². The molecule has 32 heavy (non-hydrogen) atoms. The van der Waals surface area contributed by atoms with E-state index >= 15 is 0 Å². The standard InChI is InChI=1S/C24H16FNO6/c1-30-24(29)14-6-4-13(5-7-14)20-19-21(27)17-11-15(25)8-9-18(17)32-22(19)23(28)26(20)12-16-3-2-10-31-16/h2-11,20H,12H2,1H3. The molecule has 7 nitrogen and oxygen atoms in total. The molecule has 0 saturated carbocycles. The van der Waals surface area contributed by atoms with Crippen molar-refractivity contribution in [3.63, 3.8) is 0 Å². The molecule has 4 aromatic rings. The average molecular weight is 433 g/mol. The van der Waals surface area contributed by atoms with Crippen LogP contribution in [0.2, 0.25) is 0 Å². The van der Waals surface area contributed by atoms with Gasteiger partial charge in [-0.25, -0.2) is 9.18 Å². The molecule has 8 heteroatoms. The van der Waals surface area contributed by atoms with Gasteiger partial charge in [0.2, 0.25) is 5.76 Å². The Morgan fingerprint density at radius 1 is 1.12 bits per heavy atom. The van der Waals surface area contributed by atoms with Gasteiger partial charge in [-0.1, -0.05) is 12.1 Å². The zero-order valence-electron chi connectivity index (χ0n) is 16.8. The summed E-state index contributed by atoms with van der Waals surface area (Å²) in [6, 6.07) is 12.6. The minimum absolute atomic E-state index is 0.0487. The summed E-state index contributed by atoms with van der Waals surface area (Å²) in [5.74, 6) is -1.15. The lowest BCUT2D eigenvalue weighted by molar-refractivity contribution is 0.0599.